The third-order valence-electron chi connectivity index (χ3n) is 1.68. The largest absolute Gasteiger partial charge is 0.726 e. The summed E-state index contributed by atoms with van der Waals surface area (Å²) < 4.78 is 39.1. The Morgan fingerprint density at radius 1 is 1.31 bits per heavy atom. The highest BCUT2D eigenvalue weighted by Gasteiger charge is 2.18. The number of quaternary nitrogens is 1. The summed E-state index contributed by atoms with van der Waals surface area (Å²) in [5.41, 5.74) is 0. The lowest BCUT2D eigenvalue weighted by molar-refractivity contribution is -0.898. The van der Waals surface area contributed by atoms with Gasteiger partial charge in [0.25, 0.3) is 0 Å². The van der Waals surface area contributed by atoms with E-state index >= 15 is 0 Å². The van der Waals surface area contributed by atoms with Crippen molar-refractivity contribution >= 4 is 10.4 Å². The Labute approximate surface area is 78.3 Å². The molecule has 6 nitrogen and oxygen atoms in total. The Kier molecular flexibility index (Phi) is 4.79. The summed E-state index contributed by atoms with van der Waals surface area (Å²) in [6, 6.07) is 0. The molecule has 0 unspecified atom stereocenters. The Balaban J connectivity index is 0.000000252. The molecule has 1 rings (SSSR count). The minimum Gasteiger partial charge on any atom is -0.726 e. The highest BCUT2D eigenvalue weighted by Crippen LogP contribution is 2.00. The molecule has 0 aliphatic carbocycles. The molecule has 0 aromatic rings. The zero-order valence-electron chi connectivity index (χ0n) is 7.76. The van der Waals surface area contributed by atoms with Gasteiger partial charge in [0.05, 0.1) is 27.3 Å². The molecule has 1 N–H and O–H groups in total. The summed E-state index contributed by atoms with van der Waals surface area (Å²) in [4.78, 5) is 0. The first-order chi connectivity index (χ1) is 5.71. The van der Waals surface area contributed by atoms with Crippen LogP contribution in [0.25, 0.3) is 0 Å². The van der Waals surface area contributed by atoms with Crippen LogP contribution in [-0.4, -0.2) is 62.4 Å². The second-order valence-electron chi connectivity index (χ2n) is 3.42. The summed E-state index contributed by atoms with van der Waals surface area (Å²) in [5, 5.41) is 0. The lowest BCUT2D eigenvalue weighted by Crippen LogP contribution is -2.48. The van der Waals surface area contributed by atoms with Crippen molar-refractivity contribution in [3.05, 3.63) is 0 Å². The van der Waals surface area contributed by atoms with Gasteiger partial charge < -0.3 is 13.8 Å². The number of nitrogens with zero attached hydrogens (tertiary/aromatic N) is 1. The lowest BCUT2D eigenvalue weighted by atomic mass is 10.4. The van der Waals surface area contributed by atoms with Gasteiger partial charge in [-0.2, -0.15) is 0 Å². The lowest BCUT2D eigenvalue weighted by Gasteiger charge is -2.33. The predicted octanol–water partition coefficient (Wildman–Crippen LogP) is -0.902. The van der Waals surface area contributed by atoms with Crippen molar-refractivity contribution in [3.8, 4) is 0 Å². The topological polar surface area (TPSA) is 86.7 Å². The molecule has 0 aromatic carbocycles. The maximum Gasteiger partial charge on any atom is 0.215 e. The van der Waals surface area contributed by atoms with E-state index in [4.69, 9.17) is 22.3 Å². The predicted molar refractivity (Wildman–Crippen MR) is 45.0 cm³/mol. The first kappa shape index (κ1) is 12.8. The fourth-order valence-corrected chi connectivity index (χ4v) is 0.837. The molecule has 1 heterocycles. The first-order valence-corrected chi connectivity index (χ1v) is 5.15. The van der Waals surface area contributed by atoms with E-state index in [0.29, 0.717) is 0 Å². The average Bonchev–Trinajstić information content (AvgIpc) is 1.82. The molecule has 0 bridgehead atoms. The van der Waals surface area contributed by atoms with E-state index < -0.39 is 10.4 Å². The van der Waals surface area contributed by atoms with Crippen molar-refractivity contribution in [2.24, 2.45) is 0 Å². The van der Waals surface area contributed by atoms with Crippen molar-refractivity contribution < 1.29 is 26.7 Å². The first-order valence-electron chi connectivity index (χ1n) is 3.79. The molecule has 0 aromatic heterocycles. The molecule has 0 saturated carbocycles. The summed E-state index contributed by atoms with van der Waals surface area (Å²) in [7, 11) is -0.439. The van der Waals surface area contributed by atoms with Crippen LogP contribution in [0.15, 0.2) is 0 Å². The summed E-state index contributed by atoms with van der Waals surface area (Å²) in [5.74, 6) is 0. The summed E-state index contributed by atoms with van der Waals surface area (Å²) in [6.07, 6.45) is 0. The summed E-state index contributed by atoms with van der Waals surface area (Å²) >= 11 is 0. The minimum absolute atomic E-state index is 0.938. The summed E-state index contributed by atoms with van der Waals surface area (Å²) in [6.45, 7) is 4.21. The maximum absolute atomic E-state index is 8.63. The average molecular weight is 213 g/mol. The molecule has 1 saturated heterocycles. The van der Waals surface area contributed by atoms with Gasteiger partial charge in [-0.1, -0.05) is 0 Å². The van der Waals surface area contributed by atoms with Crippen LogP contribution in [0.3, 0.4) is 0 Å². The molecule has 0 atom stereocenters. The third-order valence-corrected chi connectivity index (χ3v) is 1.68. The molecule has 0 radical (unpaired) electrons. The Bertz CT molecular complexity index is 219. The van der Waals surface area contributed by atoms with Gasteiger partial charge in [0.15, 0.2) is 0 Å². The molecule has 0 spiro atoms. The van der Waals surface area contributed by atoms with Crippen LogP contribution in [0.4, 0.5) is 0 Å². The van der Waals surface area contributed by atoms with E-state index in [0.717, 1.165) is 17.7 Å². The standard InChI is InChI=1S/C6H14NO.H2O4S/c1-7(2)3-5-8-6-4-7;1-5(2,3)4/h3-6H2,1-2H3;(H2,1,2,3,4)/q+1;/p-1. The smallest absolute Gasteiger partial charge is 0.215 e. The molecule has 1 fully saturated rings. The van der Waals surface area contributed by atoms with Gasteiger partial charge in [0.1, 0.15) is 13.1 Å². The molecule has 1 aliphatic heterocycles. The number of likely N-dealkylation sites (N-methyl/N-ethyl adjacent to an activating group) is 1. The number of hydrogen-bond donors (Lipinski definition) is 1. The van der Waals surface area contributed by atoms with Crippen LogP contribution in [-0.2, 0) is 15.1 Å². The van der Waals surface area contributed by atoms with Crippen molar-refractivity contribution in [3.63, 3.8) is 0 Å². The quantitative estimate of drug-likeness (QED) is 0.320. The second kappa shape index (κ2) is 4.87. The zero-order chi connectivity index (χ0) is 10.5. The van der Waals surface area contributed by atoms with Crippen molar-refractivity contribution in [1.82, 2.24) is 0 Å². The fourth-order valence-electron chi connectivity index (χ4n) is 0.837. The van der Waals surface area contributed by atoms with E-state index in [1.165, 1.54) is 13.1 Å². The number of rotatable bonds is 0. The number of hydrogen-bond acceptors (Lipinski definition) is 4. The number of morpholine rings is 1. The van der Waals surface area contributed by atoms with Gasteiger partial charge in [-0.3, -0.25) is 4.55 Å². The monoisotopic (exact) mass is 213 g/mol. The maximum atomic E-state index is 8.63. The third kappa shape index (κ3) is 11.8. The molecule has 0 amide bonds. The Morgan fingerprint density at radius 3 is 1.77 bits per heavy atom. The normalized spacial score (nSPS) is 21.5. The molecule has 80 valence electrons. The molecular weight excluding hydrogens is 198 g/mol. The molecular formula is C6H15NO5S. The van der Waals surface area contributed by atoms with Gasteiger partial charge in [-0.05, 0) is 0 Å². The van der Waals surface area contributed by atoms with E-state index in [9.17, 15) is 0 Å². The van der Waals surface area contributed by atoms with Gasteiger partial charge in [-0.15, -0.1) is 0 Å². The molecule has 1 aliphatic rings. The second-order valence-corrected chi connectivity index (χ2v) is 4.28. The van der Waals surface area contributed by atoms with E-state index in [1.807, 2.05) is 0 Å². The SMILES string of the molecule is C[N+]1(C)CCOCC1.O=S(=O)([O-])O. The van der Waals surface area contributed by atoms with Gasteiger partial charge in [0, 0.05) is 0 Å². The number of ether oxygens (including phenoxy) is 1. The minimum atomic E-state index is -4.92. The molecule has 13 heavy (non-hydrogen) atoms. The van der Waals surface area contributed by atoms with Crippen LogP contribution in [0, 0.1) is 0 Å². The van der Waals surface area contributed by atoms with Crippen LogP contribution in [0.2, 0.25) is 0 Å². The van der Waals surface area contributed by atoms with Crippen LogP contribution >= 0.6 is 0 Å². The highest BCUT2D eigenvalue weighted by molar-refractivity contribution is 7.79. The van der Waals surface area contributed by atoms with Crippen LogP contribution < -0.4 is 0 Å². The van der Waals surface area contributed by atoms with Gasteiger partial charge in [0.2, 0.25) is 10.4 Å². The Hall–Kier alpha value is -0.210. The van der Waals surface area contributed by atoms with Gasteiger partial charge >= 0.3 is 0 Å². The van der Waals surface area contributed by atoms with Crippen molar-refractivity contribution in [1.29, 1.82) is 0 Å². The highest BCUT2D eigenvalue weighted by atomic mass is 32.3. The fraction of sp³-hybridized carbons (Fsp3) is 1.00. The van der Waals surface area contributed by atoms with Crippen LogP contribution in [0.1, 0.15) is 0 Å². The van der Waals surface area contributed by atoms with Crippen LogP contribution in [0.5, 0.6) is 0 Å². The zero-order valence-corrected chi connectivity index (χ0v) is 8.58. The van der Waals surface area contributed by atoms with Crippen molar-refractivity contribution in [2.75, 3.05) is 40.4 Å². The molecule has 7 heteroatoms. The van der Waals surface area contributed by atoms with E-state index in [-0.39, 0.29) is 0 Å². The Morgan fingerprint density at radius 2 is 1.62 bits per heavy atom. The van der Waals surface area contributed by atoms with Gasteiger partial charge in [-0.25, -0.2) is 8.42 Å². The van der Waals surface area contributed by atoms with E-state index in [2.05, 4.69) is 14.1 Å². The van der Waals surface area contributed by atoms with E-state index in [1.54, 1.807) is 0 Å². The van der Waals surface area contributed by atoms with Crippen molar-refractivity contribution in [2.45, 2.75) is 0 Å².